The Morgan fingerprint density at radius 3 is 2.38 bits per heavy atom. The van der Waals surface area contributed by atoms with Gasteiger partial charge in [0, 0.05) is 13.0 Å². The first-order valence-corrected chi connectivity index (χ1v) is 4.61. The summed E-state index contributed by atoms with van der Waals surface area (Å²) in [5.74, 6) is -1.27. The van der Waals surface area contributed by atoms with Gasteiger partial charge in [-0.15, -0.1) is 0 Å². The maximum absolute atomic E-state index is 11.0. The van der Waals surface area contributed by atoms with Crippen LogP contribution in [0.2, 0.25) is 0 Å². The number of nitrogens with one attached hydrogen (secondary N) is 1. The van der Waals surface area contributed by atoms with Crippen LogP contribution in [-0.2, 0) is 9.59 Å². The first kappa shape index (κ1) is 11.9. The van der Waals surface area contributed by atoms with Crippen molar-refractivity contribution < 1.29 is 14.7 Å². The number of carbonyl (C=O) groups excluding carboxylic acids is 1. The molecule has 0 aromatic rings. The summed E-state index contributed by atoms with van der Waals surface area (Å²) in [4.78, 5) is 21.6. The average molecular weight is 187 g/mol. The molecule has 4 heteroatoms. The molecule has 4 nitrogen and oxygen atoms in total. The quantitative estimate of drug-likeness (QED) is 0.652. The second-order valence-electron chi connectivity index (χ2n) is 2.94. The second-order valence-corrected chi connectivity index (χ2v) is 2.94. The molecule has 2 N–H and O–H groups in total. The summed E-state index contributed by atoms with van der Waals surface area (Å²) in [5.41, 5.74) is 0. The van der Waals surface area contributed by atoms with Crippen molar-refractivity contribution in [1.29, 1.82) is 0 Å². The molecule has 0 aromatic heterocycles. The fraction of sp³-hybridized carbons (Fsp3) is 0.778. The van der Waals surface area contributed by atoms with Gasteiger partial charge in [0.05, 0.1) is 5.92 Å². The van der Waals surface area contributed by atoms with Crippen LogP contribution in [0, 0.1) is 5.92 Å². The minimum Gasteiger partial charge on any atom is -0.481 e. The SMILES string of the molecule is CCNC(=O)CCC(CC)C(=O)O. The van der Waals surface area contributed by atoms with Gasteiger partial charge in [0.15, 0.2) is 0 Å². The monoisotopic (exact) mass is 187 g/mol. The second kappa shape index (κ2) is 6.46. The zero-order valence-corrected chi connectivity index (χ0v) is 8.17. The van der Waals surface area contributed by atoms with Crippen molar-refractivity contribution in [1.82, 2.24) is 5.32 Å². The van der Waals surface area contributed by atoms with Crippen LogP contribution in [0.1, 0.15) is 33.1 Å². The fourth-order valence-corrected chi connectivity index (χ4v) is 1.09. The summed E-state index contributed by atoms with van der Waals surface area (Å²) < 4.78 is 0. The number of aliphatic carboxylic acids is 1. The van der Waals surface area contributed by atoms with Crippen LogP contribution in [-0.4, -0.2) is 23.5 Å². The van der Waals surface area contributed by atoms with Crippen LogP contribution in [0.3, 0.4) is 0 Å². The molecular weight excluding hydrogens is 170 g/mol. The smallest absolute Gasteiger partial charge is 0.306 e. The van der Waals surface area contributed by atoms with E-state index in [0.29, 0.717) is 25.8 Å². The largest absolute Gasteiger partial charge is 0.481 e. The molecular formula is C9H17NO3. The van der Waals surface area contributed by atoms with E-state index in [1.165, 1.54) is 0 Å². The number of hydrogen-bond donors (Lipinski definition) is 2. The van der Waals surface area contributed by atoms with Crippen LogP contribution in [0.5, 0.6) is 0 Å². The topological polar surface area (TPSA) is 66.4 Å². The van der Waals surface area contributed by atoms with Gasteiger partial charge in [0.1, 0.15) is 0 Å². The van der Waals surface area contributed by atoms with Gasteiger partial charge >= 0.3 is 5.97 Å². The highest BCUT2D eigenvalue weighted by Crippen LogP contribution is 2.10. The molecule has 76 valence electrons. The van der Waals surface area contributed by atoms with Gasteiger partial charge in [0.2, 0.25) is 5.91 Å². The highest BCUT2D eigenvalue weighted by atomic mass is 16.4. The van der Waals surface area contributed by atoms with E-state index in [1.807, 2.05) is 13.8 Å². The molecule has 1 amide bonds. The molecule has 0 aliphatic heterocycles. The van der Waals surface area contributed by atoms with Crippen molar-refractivity contribution in [2.45, 2.75) is 33.1 Å². The van der Waals surface area contributed by atoms with Gasteiger partial charge in [-0.3, -0.25) is 9.59 Å². The highest BCUT2D eigenvalue weighted by Gasteiger charge is 2.15. The first-order chi connectivity index (χ1) is 6.11. The number of carboxylic acid groups (broad SMARTS) is 1. The van der Waals surface area contributed by atoms with Crippen LogP contribution in [0.4, 0.5) is 0 Å². The molecule has 0 fully saturated rings. The van der Waals surface area contributed by atoms with Gasteiger partial charge in [-0.25, -0.2) is 0 Å². The zero-order valence-electron chi connectivity index (χ0n) is 8.17. The number of amides is 1. The van der Waals surface area contributed by atoms with Gasteiger partial charge in [-0.2, -0.15) is 0 Å². The number of carbonyl (C=O) groups is 2. The molecule has 0 aliphatic carbocycles. The van der Waals surface area contributed by atoms with Crippen molar-refractivity contribution in [3.63, 3.8) is 0 Å². The lowest BCUT2D eigenvalue weighted by atomic mass is 10.0. The lowest BCUT2D eigenvalue weighted by molar-refractivity contribution is -0.142. The van der Waals surface area contributed by atoms with E-state index in [2.05, 4.69) is 5.32 Å². The molecule has 0 heterocycles. The number of hydrogen-bond acceptors (Lipinski definition) is 2. The van der Waals surface area contributed by atoms with Gasteiger partial charge in [-0.05, 0) is 19.8 Å². The van der Waals surface area contributed by atoms with Crippen LogP contribution >= 0.6 is 0 Å². The van der Waals surface area contributed by atoms with Crippen LogP contribution in [0.25, 0.3) is 0 Å². The third-order valence-corrected chi connectivity index (χ3v) is 1.94. The van der Waals surface area contributed by atoms with Crippen molar-refractivity contribution >= 4 is 11.9 Å². The van der Waals surface area contributed by atoms with Crippen molar-refractivity contribution in [3.8, 4) is 0 Å². The molecule has 0 aliphatic rings. The minimum absolute atomic E-state index is 0.0674. The Morgan fingerprint density at radius 2 is 2.00 bits per heavy atom. The van der Waals surface area contributed by atoms with Crippen molar-refractivity contribution in [2.75, 3.05) is 6.54 Å². The summed E-state index contributed by atoms with van der Waals surface area (Å²) in [6.07, 6.45) is 1.31. The van der Waals surface area contributed by atoms with E-state index >= 15 is 0 Å². The highest BCUT2D eigenvalue weighted by molar-refractivity contribution is 5.77. The molecule has 1 atom stereocenters. The van der Waals surface area contributed by atoms with Crippen molar-refractivity contribution in [3.05, 3.63) is 0 Å². The van der Waals surface area contributed by atoms with E-state index < -0.39 is 5.97 Å². The Labute approximate surface area is 78.3 Å². The summed E-state index contributed by atoms with van der Waals surface area (Å²) in [7, 11) is 0. The number of rotatable bonds is 6. The molecule has 0 rings (SSSR count). The fourth-order valence-electron chi connectivity index (χ4n) is 1.09. The Bertz CT molecular complexity index is 180. The van der Waals surface area contributed by atoms with Gasteiger partial charge in [-0.1, -0.05) is 6.92 Å². The number of carboxylic acids is 1. The zero-order chi connectivity index (χ0) is 10.3. The van der Waals surface area contributed by atoms with Gasteiger partial charge in [0.25, 0.3) is 0 Å². The minimum atomic E-state index is -0.813. The summed E-state index contributed by atoms with van der Waals surface area (Å²) in [6, 6.07) is 0. The summed E-state index contributed by atoms with van der Waals surface area (Å²) in [6.45, 7) is 4.26. The molecule has 13 heavy (non-hydrogen) atoms. The summed E-state index contributed by atoms with van der Waals surface area (Å²) >= 11 is 0. The average Bonchev–Trinajstić information content (AvgIpc) is 2.05. The van der Waals surface area contributed by atoms with Crippen LogP contribution in [0.15, 0.2) is 0 Å². The van der Waals surface area contributed by atoms with E-state index in [-0.39, 0.29) is 11.8 Å². The lowest BCUT2D eigenvalue weighted by Gasteiger charge is -2.08. The molecule has 0 bridgehead atoms. The molecule has 0 saturated heterocycles. The first-order valence-electron chi connectivity index (χ1n) is 4.61. The van der Waals surface area contributed by atoms with E-state index in [9.17, 15) is 9.59 Å². The Balaban J connectivity index is 3.72. The van der Waals surface area contributed by atoms with E-state index in [0.717, 1.165) is 0 Å². The van der Waals surface area contributed by atoms with Crippen LogP contribution < -0.4 is 5.32 Å². The maximum Gasteiger partial charge on any atom is 0.306 e. The normalized spacial score (nSPS) is 12.2. The molecule has 0 aromatic carbocycles. The van der Waals surface area contributed by atoms with Crippen molar-refractivity contribution in [2.24, 2.45) is 5.92 Å². The lowest BCUT2D eigenvalue weighted by Crippen LogP contribution is -2.24. The van der Waals surface area contributed by atoms with E-state index in [1.54, 1.807) is 0 Å². The summed E-state index contributed by atoms with van der Waals surface area (Å²) in [5, 5.41) is 11.3. The molecule has 1 unspecified atom stereocenters. The third-order valence-electron chi connectivity index (χ3n) is 1.94. The Morgan fingerprint density at radius 1 is 1.38 bits per heavy atom. The Hall–Kier alpha value is -1.06. The third kappa shape index (κ3) is 5.22. The predicted octanol–water partition coefficient (Wildman–Crippen LogP) is 1.01. The standard InChI is InChI=1S/C9H17NO3/c1-3-7(9(12)13)5-6-8(11)10-4-2/h7H,3-6H2,1-2H3,(H,10,11)(H,12,13). The Kier molecular flexibility index (Phi) is 5.93. The molecule has 0 saturated carbocycles. The van der Waals surface area contributed by atoms with E-state index in [4.69, 9.17) is 5.11 Å². The predicted molar refractivity (Wildman–Crippen MR) is 49.3 cm³/mol. The maximum atomic E-state index is 11.0. The van der Waals surface area contributed by atoms with Gasteiger partial charge < -0.3 is 10.4 Å². The molecule has 0 radical (unpaired) electrons. The molecule has 0 spiro atoms.